The van der Waals surface area contributed by atoms with Gasteiger partial charge in [-0.05, 0) is 30.0 Å². The molecule has 0 spiro atoms. The monoisotopic (exact) mass is 466 g/mol. The molecule has 2 saturated heterocycles. The number of hydrogen-bond acceptors (Lipinski definition) is 6. The van der Waals surface area contributed by atoms with Crippen LogP contribution in [0.4, 0.5) is 5.95 Å². The van der Waals surface area contributed by atoms with Gasteiger partial charge in [-0.3, -0.25) is 0 Å². The fourth-order valence-corrected chi connectivity index (χ4v) is 4.96. The summed E-state index contributed by atoms with van der Waals surface area (Å²) in [6.07, 6.45) is 3.06. The van der Waals surface area contributed by atoms with Gasteiger partial charge in [-0.15, -0.1) is 12.4 Å². The Labute approximate surface area is 190 Å². The third-order valence-corrected chi connectivity index (χ3v) is 6.63. The summed E-state index contributed by atoms with van der Waals surface area (Å²) < 4.78 is 10.7. The number of aromatic nitrogens is 2. The first-order valence-corrected chi connectivity index (χ1v) is 10.2. The van der Waals surface area contributed by atoms with E-state index in [0.29, 0.717) is 51.1 Å². The van der Waals surface area contributed by atoms with Crippen LogP contribution in [0.5, 0.6) is 11.5 Å². The van der Waals surface area contributed by atoms with Crippen molar-refractivity contribution in [2.24, 2.45) is 5.92 Å². The lowest BCUT2D eigenvalue weighted by Gasteiger charge is -2.34. The van der Waals surface area contributed by atoms with Crippen molar-refractivity contribution >= 4 is 52.5 Å². The van der Waals surface area contributed by atoms with Gasteiger partial charge in [0.1, 0.15) is 11.5 Å². The van der Waals surface area contributed by atoms with Gasteiger partial charge in [0.05, 0.1) is 29.8 Å². The number of methoxy groups -OCH3 is 2. The minimum absolute atomic E-state index is 0. The Kier molecular flexibility index (Phi) is 5.86. The zero-order valence-electron chi connectivity index (χ0n) is 16.4. The Morgan fingerprint density at radius 1 is 1.10 bits per heavy atom. The van der Waals surface area contributed by atoms with E-state index in [9.17, 15) is 0 Å². The predicted molar refractivity (Wildman–Crippen MR) is 123 cm³/mol. The fourth-order valence-electron chi connectivity index (χ4n) is 4.24. The van der Waals surface area contributed by atoms with Gasteiger partial charge in [0.15, 0.2) is 0 Å². The quantitative estimate of drug-likeness (QED) is 0.561. The number of hydrogen-bond donors (Lipinski definition) is 2. The molecule has 6 rings (SSSR count). The molecule has 1 aromatic heterocycles. The highest BCUT2D eigenvalue weighted by atomic mass is 35.5. The van der Waals surface area contributed by atoms with Crippen LogP contribution in [0.15, 0.2) is 30.5 Å². The van der Waals surface area contributed by atoms with Crippen molar-refractivity contribution in [3.63, 3.8) is 0 Å². The Morgan fingerprint density at radius 3 is 2.43 bits per heavy atom. The van der Waals surface area contributed by atoms with Crippen molar-refractivity contribution in [2.45, 2.75) is 18.5 Å². The number of nitrogens with one attached hydrogen (secondary N) is 2. The highest BCUT2D eigenvalue weighted by Gasteiger charge is 2.46. The average molecular weight is 468 g/mol. The van der Waals surface area contributed by atoms with Gasteiger partial charge < -0.3 is 20.1 Å². The largest absolute Gasteiger partial charge is 0.495 e. The molecule has 3 fully saturated rings. The normalized spacial score (nSPS) is 21.7. The molecule has 2 bridgehead atoms. The Hall–Kier alpha value is -1.99. The van der Waals surface area contributed by atoms with E-state index in [0.717, 1.165) is 23.0 Å². The number of benzene rings is 2. The van der Waals surface area contributed by atoms with Gasteiger partial charge in [-0.2, -0.15) is 0 Å². The molecule has 3 aromatic rings. The molecule has 3 aliphatic rings. The highest BCUT2D eigenvalue weighted by molar-refractivity contribution is 6.41. The van der Waals surface area contributed by atoms with Crippen molar-refractivity contribution in [3.8, 4) is 22.6 Å². The molecule has 3 heterocycles. The van der Waals surface area contributed by atoms with Crippen molar-refractivity contribution in [2.75, 3.05) is 26.1 Å². The molecule has 2 aliphatic heterocycles. The summed E-state index contributed by atoms with van der Waals surface area (Å²) in [5.74, 6) is 2.34. The molecule has 30 heavy (non-hydrogen) atoms. The van der Waals surface area contributed by atoms with Crippen LogP contribution in [0.1, 0.15) is 6.42 Å². The zero-order valence-corrected chi connectivity index (χ0v) is 18.7. The van der Waals surface area contributed by atoms with E-state index < -0.39 is 0 Å². The second-order valence-electron chi connectivity index (χ2n) is 7.43. The van der Waals surface area contributed by atoms with Crippen LogP contribution in [0.3, 0.4) is 0 Å². The Bertz CT molecular complexity index is 1070. The lowest BCUT2D eigenvalue weighted by atomic mass is 9.80. The SMILES string of the molecule is COc1cc(OC)c(Cl)c(-c2ccc3nc(NC4C5CNC4C5)ncc3c2)c1Cl.Cl. The average Bonchev–Trinajstić information content (AvgIpc) is 3.37. The van der Waals surface area contributed by atoms with E-state index in [4.69, 9.17) is 32.7 Å². The number of fused-ring (bicyclic) bond motifs is 2. The van der Waals surface area contributed by atoms with E-state index >= 15 is 0 Å². The lowest BCUT2D eigenvalue weighted by Crippen LogP contribution is -2.47. The summed E-state index contributed by atoms with van der Waals surface area (Å²) >= 11 is 13.1. The molecule has 1 saturated carbocycles. The minimum Gasteiger partial charge on any atom is -0.495 e. The fraction of sp³-hybridized carbons (Fsp3) is 0.333. The zero-order chi connectivity index (χ0) is 20.1. The van der Waals surface area contributed by atoms with E-state index in [1.165, 1.54) is 6.42 Å². The van der Waals surface area contributed by atoms with Gasteiger partial charge in [0.2, 0.25) is 5.95 Å². The van der Waals surface area contributed by atoms with Gasteiger partial charge in [0.25, 0.3) is 0 Å². The molecule has 3 atom stereocenters. The molecular formula is C21H21Cl3N4O2. The minimum atomic E-state index is 0. The molecule has 1 aliphatic carbocycles. The van der Waals surface area contributed by atoms with Crippen molar-refractivity contribution in [1.29, 1.82) is 0 Å². The van der Waals surface area contributed by atoms with E-state index in [-0.39, 0.29) is 12.4 Å². The number of nitrogens with zero attached hydrogens (tertiary/aromatic N) is 2. The second-order valence-corrected chi connectivity index (χ2v) is 8.19. The summed E-state index contributed by atoms with van der Waals surface area (Å²) in [4.78, 5) is 9.18. The highest BCUT2D eigenvalue weighted by Crippen LogP contribution is 2.46. The van der Waals surface area contributed by atoms with E-state index in [1.54, 1.807) is 20.3 Å². The van der Waals surface area contributed by atoms with Gasteiger partial charge >= 0.3 is 0 Å². The predicted octanol–water partition coefficient (Wildman–Crippen LogP) is 4.81. The number of rotatable bonds is 5. The Balaban J connectivity index is 0.00000218. The van der Waals surface area contributed by atoms with Crippen molar-refractivity contribution < 1.29 is 9.47 Å². The summed E-state index contributed by atoms with van der Waals surface area (Å²) in [7, 11) is 3.12. The molecule has 6 nitrogen and oxygen atoms in total. The van der Waals surface area contributed by atoms with Gasteiger partial charge in [0, 0.05) is 41.8 Å². The first-order chi connectivity index (χ1) is 14.1. The van der Waals surface area contributed by atoms with Crippen LogP contribution in [0.2, 0.25) is 10.0 Å². The standard InChI is InChI=1S/C21H20Cl2N4O2.ClH/c1-28-15-7-16(29-2)19(23)17(18(15)22)10-3-4-13-11(5-10)8-25-21(26-13)27-20-12-6-14(20)24-9-12;/h3-5,7-8,12,14,20,24H,6,9H2,1-2H3,(H,25,26,27);1H. The lowest BCUT2D eigenvalue weighted by molar-refractivity contribution is 0.325. The van der Waals surface area contributed by atoms with Crippen molar-refractivity contribution in [3.05, 3.63) is 40.5 Å². The summed E-state index contributed by atoms with van der Waals surface area (Å²) in [6, 6.07) is 8.50. The first-order valence-electron chi connectivity index (χ1n) is 9.46. The molecule has 2 aromatic carbocycles. The summed E-state index contributed by atoms with van der Waals surface area (Å²) in [6.45, 7) is 1.07. The van der Waals surface area contributed by atoms with Gasteiger partial charge in [-0.25, -0.2) is 9.97 Å². The molecule has 3 unspecified atom stereocenters. The van der Waals surface area contributed by atoms with Crippen LogP contribution in [-0.4, -0.2) is 42.8 Å². The molecule has 2 N–H and O–H groups in total. The first kappa shape index (κ1) is 21.2. The second kappa shape index (κ2) is 8.27. The van der Waals surface area contributed by atoms with Crippen LogP contribution < -0.4 is 20.1 Å². The maximum absolute atomic E-state index is 6.55. The van der Waals surface area contributed by atoms with Gasteiger partial charge in [-0.1, -0.05) is 29.3 Å². The molecular weight excluding hydrogens is 447 g/mol. The van der Waals surface area contributed by atoms with Crippen LogP contribution in [0.25, 0.3) is 22.0 Å². The van der Waals surface area contributed by atoms with Crippen LogP contribution in [0, 0.1) is 5.92 Å². The van der Waals surface area contributed by atoms with Crippen molar-refractivity contribution in [1.82, 2.24) is 15.3 Å². The molecule has 158 valence electrons. The third kappa shape index (κ3) is 3.42. The third-order valence-electron chi connectivity index (χ3n) is 5.88. The van der Waals surface area contributed by atoms with Crippen LogP contribution in [-0.2, 0) is 0 Å². The number of anilines is 1. The topological polar surface area (TPSA) is 68.3 Å². The molecule has 0 amide bonds. The molecule has 0 radical (unpaired) electrons. The smallest absolute Gasteiger partial charge is 0.223 e. The maximum Gasteiger partial charge on any atom is 0.223 e. The van der Waals surface area contributed by atoms with Crippen LogP contribution >= 0.6 is 35.6 Å². The van der Waals surface area contributed by atoms with E-state index in [1.807, 2.05) is 24.4 Å². The Morgan fingerprint density at radius 2 is 1.83 bits per heavy atom. The summed E-state index contributed by atoms with van der Waals surface area (Å²) in [5.41, 5.74) is 2.36. The summed E-state index contributed by atoms with van der Waals surface area (Å²) in [5, 5.41) is 8.73. The number of halogens is 3. The number of ether oxygens (including phenoxy) is 2. The maximum atomic E-state index is 6.55. The molecule has 9 heteroatoms. The van der Waals surface area contributed by atoms with E-state index in [2.05, 4.69) is 20.6 Å².